The molecule has 1 saturated heterocycles. The van der Waals surface area contributed by atoms with E-state index in [1.807, 2.05) is 32.6 Å². The number of hydrogen-bond acceptors (Lipinski definition) is 3. The molecular formula is C24H34N2O2. The van der Waals surface area contributed by atoms with Gasteiger partial charge in [0.15, 0.2) is 0 Å². The van der Waals surface area contributed by atoms with Crippen LogP contribution in [0.5, 0.6) is 0 Å². The molecule has 1 aromatic carbocycles. The monoisotopic (exact) mass is 382 g/mol. The highest BCUT2D eigenvalue weighted by atomic mass is 16.5. The van der Waals surface area contributed by atoms with Crippen molar-refractivity contribution < 1.29 is 9.53 Å². The molecular weight excluding hydrogens is 348 g/mol. The van der Waals surface area contributed by atoms with E-state index in [4.69, 9.17) is 4.74 Å². The summed E-state index contributed by atoms with van der Waals surface area (Å²) in [7, 11) is 0. The number of morpholine rings is 1. The first kappa shape index (κ1) is 20.7. The van der Waals surface area contributed by atoms with Crippen molar-refractivity contribution in [2.24, 2.45) is 5.41 Å². The molecule has 0 saturated carbocycles. The van der Waals surface area contributed by atoms with Crippen molar-refractivity contribution in [3.05, 3.63) is 29.3 Å². The molecule has 0 unspecified atom stereocenters. The largest absolute Gasteiger partial charge is 0.372 e. The molecule has 0 N–H and O–H groups in total. The normalized spacial score (nSPS) is 19.1. The zero-order valence-electron chi connectivity index (χ0n) is 18.3. The van der Waals surface area contributed by atoms with Gasteiger partial charge >= 0.3 is 0 Å². The minimum Gasteiger partial charge on any atom is -0.372 e. The topological polar surface area (TPSA) is 32.8 Å². The van der Waals surface area contributed by atoms with Crippen LogP contribution in [0.2, 0.25) is 0 Å². The van der Waals surface area contributed by atoms with Gasteiger partial charge < -0.3 is 14.5 Å². The molecule has 0 bridgehead atoms. The Morgan fingerprint density at radius 2 is 2.00 bits per heavy atom. The molecule has 2 aliphatic rings. The summed E-state index contributed by atoms with van der Waals surface area (Å²) in [6.07, 6.45) is 2.20. The summed E-state index contributed by atoms with van der Waals surface area (Å²) in [5.74, 6) is 6.74. The van der Waals surface area contributed by atoms with Gasteiger partial charge in [-0.3, -0.25) is 4.79 Å². The van der Waals surface area contributed by atoms with E-state index in [0.717, 1.165) is 24.9 Å². The lowest BCUT2D eigenvalue weighted by Gasteiger charge is -2.40. The summed E-state index contributed by atoms with van der Waals surface area (Å²) in [4.78, 5) is 17.5. The summed E-state index contributed by atoms with van der Waals surface area (Å²) >= 11 is 0. The summed E-state index contributed by atoms with van der Waals surface area (Å²) < 4.78 is 5.74. The summed E-state index contributed by atoms with van der Waals surface area (Å²) in [6, 6.07) is 6.85. The zero-order valence-corrected chi connectivity index (χ0v) is 18.3. The predicted molar refractivity (Wildman–Crippen MR) is 115 cm³/mol. The second-order valence-electron chi connectivity index (χ2n) is 9.40. The highest BCUT2D eigenvalue weighted by Gasteiger charge is 2.36. The lowest BCUT2D eigenvalue weighted by atomic mass is 9.89. The van der Waals surface area contributed by atoms with E-state index in [2.05, 4.69) is 48.8 Å². The number of benzene rings is 1. The number of nitrogens with zero attached hydrogens (tertiary/aromatic N) is 2. The van der Waals surface area contributed by atoms with Crippen molar-refractivity contribution in [1.82, 2.24) is 4.90 Å². The lowest BCUT2D eigenvalue weighted by molar-refractivity contribution is -0.151. The smallest absolute Gasteiger partial charge is 0.240 e. The number of ether oxygens (including phenoxy) is 1. The molecule has 0 spiro atoms. The molecule has 0 aromatic heterocycles. The Labute approximate surface area is 170 Å². The van der Waals surface area contributed by atoms with E-state index in [-0.39, 0.29) is 11.5 Å². The quantitative estimate of drug-likeness (QED) is 0.728. The van der Waals surface area contributed by atoms with Gasteiger partial charge in [0.1, 0.15) is 5.41 Å². The molecule has 0 atom stereocenters. The minimum absolute atomic E-state index is 0.0879. The average Bonchev–Trinajstić information content (AvgIpc) is 2.64. The first-order valence-corrected chi connectivity index (χ1v) is 10.5. The fraction of sp³-hybridized carbons (Fsp3) is 0.625. The van der Waals surface area contributed by atoms with E-state index in [1.54, 1.807) is 0 Å². The van der Waals surface area contributed by atoms with Crippen LogP contribution in [0.1, 0.15) is 59.1 Å². The van der Waals surface area contributed by atoms with Gasteiger partial charge in [-0.05, 0) is 72.1 Å². The Balaban J connectivity index is 1.85. The molecule has 0 aliphatic carbocycles. The maximum Gasteiger partial charge on any atom is 0.240 e. The van der Waals surface area contributed by atoms with E-state index in [0.29, 0.717) is 25.7 Å². The Kier molecular flexibility index (Phi) is 5.77. The number of carbonyl (C=O) groups is 1. The molecule has 4 heteroatoms. The molecule has 0 radical (unpaired) electrons. The number of anilines is 1. The highest BCUT2D eigenvalue weighted by molar-refractivity contribution is 5.85. The molecule has 1 amide bonds. The zero-order chi connectivity index (χ0) is 20.5. The summed E-state index contributed by atoms with van der Waals surface area (Å²) in [5, 5.41) is 0. The van der Waals surface area contributed by atoms with Gasteiger partial charge in [0.2, 0.25) is 5.91 Å². The first-order valence-electron chi connectivity index (χ1n) is 10.5. The average molecular weight is 383 g/mol. The van der Waals surface area contributed by atoms with Crippen LogP contribution in [0.25, 0.3) is 0 Å². The van der Waals surface area contributed by atoms with E-state index in [9.17, 15) is 4.79 Å². The third-order valence-electron chi connectivity index (χ3n) is 5.67. The van der Waals surface area contributed by atoms with Crippen molar-refractivity contribution in [3.8, 4) is 11.8 Å². The Hall–Kier alpha value is -1.99. The van der Waals surface area contributed by atoms with Crippen molar-refractivity contribution in [3.63, 3.8) is 0 Å². The van der Waals surface area contributed by atoms with E-state index >= 15 is 0 Å². The van der Waals surface area contributed by atoms with Crippen LogP contribution in [-0.2, 0) is 16.0 Å². The van der Waals surface area contributed by atoms with Crippen LogP contribution >= 0.6 is 0 Å². The van der Waals surface area contributed by atoms with Gasteiger partial charge in [-0.25, -0.2) is 0 Å². The van der Waals surface area contributed by atoms with Crippen LogP contribution in [0.15, 0.2) is 18.2 Å². The third kappa shape index (κ3) is 4.36. The SMILES string of the molecule is CC(C)N1CCCc2c(C#CC(C)(C)C(=O)N3CCOC(C)(C)C3)cccc21. The molecule has 152 valence electrons. The maximum absolute atomic E-state index is 13.1. The van der Waals surface area contributed by atoms with Crippen LogP contribution in [0.4, 0.5) is 5.69 Å². The van der Waals surface area contributed by atoms with Gasteiger partial charge in [0.05, 0.1) is 12.2 Å². The number of hydrogen-bond donors (Lipinski definition) is 0. The minimum atomic E-state index is -0.720. The Morgan fingerprint density at radius 3 is 2.68 bits per heavy atom. The van der Waals surface area contributed by atoms with Crippen LogP contribution < -0.4 is 4.90 Å². The molecule has 28 heavy (non-hydrogen) atoms. The number of amides is 1. The third-order valence-corrected chi connectivity index (χ3v) is 5.67. The van der Waals surface area contributed by atoms with E-state index in [1.165, 1.54) is 11.3 Å². The van der Waals surface area contributed by atoms with E-state index < -0.39 is 5.41 Å². The second kappa shape index (κ2) is 7.79. The maximum atomic E-state index is 13.1. The number of carbonyl (C=O) groups excluding carboxylic acids is 1. The van der Waals surface area contributed by atoms with Gasteiger partial charge in [0.25, 0.3) is 0 Å². The molecule has 2 aliphatic heterocycles. The number of fused-ring (bicyclic) bond motifs is 1. The molecule has 1 aromatic rings. The second-order valence-corrected chi connectivity index (χ2v) is 9.40. The fourth-order valence-electron chi connectivity index (χ4n) is 4.17. The molecule has 4 nitrogen and oxygen atoms in total. The van der Waals surface area contributed by atoms with Crippen molar-refractivity contribution >= 4 is 11.6 Å². The predicted octanol–water partition coefficient (Wildman–Crippen LogP) is 3.86. The number of rotatable bonds is 2. The Bertz CT molecular complexity index is 799. The van der Waals surface area contributed by atoms with Gasteiger partial charge in [-0.15, -0.1) is 0 Å². The van der Waals surface area contributed by atoms with Crippen LogP contribution in [0, 0.1) is 17.3 Å². The summed E-state index contributed by atoms with van der Waals surface area (Å²) in [6.45, 7) is 15.3. The van der Waals surface area contributed by atoms with Gasteiger partial charge in [-0.1, -0.05) is 17.9 Å². The molecule has 2 heterocycles. The fourth-order valence-corrected chi connectivity index (χ4v) is 4.17. The van der Waals surface area contributed by atoms with Crippen molar-refractivity contribution in [1.29, 1.82) is 0 Å². The van der Waals surface area contributed by atoms with Crippen LogP contribution in [0.3, 0.4) is 0 Å². The molecule has 1 fully saturated rings. The van der Waals surface area contributed by atoms with Crippen molar-refractivity contribution in [2.45, 2.75) is 66.0 Å². The van der Waals surface area contributed by atoms with Crippen LogP contribution in [-0.4, -0.2) is 48.7 Å². The lowest BCUT2D eigenvalue weighted by Crippen LogP contribution is -2.53. The molecule has 3 rings (SSSR count). The standard InChI is InChI=1S/C24H34N2O2/c1-18(2)26-14-8-10-20-19(9-7-11-21(20)26)12-13-23(3,4)22(27)25-15-16-28-24(5,6)17-25/h7,9,11,18H,8,10,14-17H2,1-6H3. The van der Waals surface area contributed by atoms with Crippen molar-refractivity contribution in [2.75, 3.05) is 31.1 Å². The van der Waals surface area contributed by atoms with Gasteiger partial charge in [0, 0.05) is 36.9 Å². The Morgan fingerprint density at radius 1 is 1.25 bits per heavy atom. The summed E-state index contributed by atoms with van der Waals surface area (Å²) in [5.41, 5.74) is 2.67. The van der Waals surface area contributed by atoms with Gasteiger partial charge in [-0.2, -0.15) is 0 Å². The first-order chi connectivity index (χ1) is 13.1. The highest BCUT2D eigenvalue weighted by Crippen LogP contribution is 2.31.